The van der Waals surface area contributed by atoms with Crippen molar-refractivity contribution in [2.75, 3.05) is 13.7 Å². The lowest BCUT2D eigenvalue weighted by molar-refractivity contribution is -0.140. The topological polar surface area (TPSA) is 94.7 Å². The molecule has 0 spiro atoms. The number of nitrogens with one attached hydrogen (secondary N) is 1. The molecule has 29 heavy (non-hydrogen) atoms. The fraction of sp³-hybridized carbons (Fsp3) is 0.318. The van der Waals surface area contributed by atoms with Crippen molar-refractivity contribution >= 4 is 23.8 Å². The number of hydrogen-bond donors (Lipinski definition) is 1. The van der Waals surface area contributed by atoms with Gasteiger partial charge in [-0.3, -0.25) is 4.79 Å². The summed E-state index contributed by atoms with van der Waals surface area (Å²) >= 11 is 0. The van der Waals surface area contributed by atoms with Gasteiger partial charge in [-0.25, -0.2) is 9.59 Å². The maximum absolute atomic E-state index is 12.7. The van der Waals surface area contributed by atoms with E-state index in [0.29, 0.717) is 22.6 Å². The monoisotopic (exact) mass is 399 g/mol. The van der Waals surface area contributed by atoms with Crippen LogP contribution in [0, 0.1) is 13.8 Å². The summed E-state index contributed by atoms with van der Waals surface area (Å²) in [6.07, 6.45) is 1.82. The van der Waals surface area contributed by atoms with Crippen LogP contribution in [0.1, 0.15) is 51.5 Å². The average Bonchev–Trinajstić information content (AvgIpc) is 3.00. The number of H-pyrrole nitrogens is 1. The standard InChI is InChI=1S/C22H25NO6/c1-6-28-22(26)19-13(2)20(23-14(19)3)21(25)15(4)29-18(24)12-9-16-7-10-17(27-5)11-8-16/h7-12,15,23H,6H2,1-5H3/b12-9+/t15-/m0/s1. The Kier molecular flexibility index (Phi) is 7.36. The molecule has 0 radical (unpaired) electrons. The zero-order valence-corrected chi connectivity index (χ0v) is 17.2. The van der Waals surface area contributed by atoms with Gasteiger partial charge in [0, 0.05) is 11.8 Å². The van der Waals surface area contributed by atoms with Crippen molar-refractivity contribution in [2.45, 2.75) is 33.8 Å². The van der Waals surface area contributed by atoms with E-state index in [2.05, 4.69) is 4.98 Å². The Morgan fingerprint density at radius 1 is 1.14 bits per heavy atom. The number of ketones is 1. The first-order chi connectivity index (χ1) is 13.8. The van der Waals surface area contributed by atoms with Crippen molar-refractivity contribution in [3.63, 3.8) is 0 Å². The second-order valence-electron chi connectivity index (χ2n) is 6.40. The Morgan fingerprint density at radius 2 is 1.79 bits per heavy atom. The average molecular weight is 399 g/mol. The van der Waals surface area contributed by atoms with Crippen molar-refractivity contribution in [3.8, 4) is 5.75 Å². The number of aromatic nitrogens is 1. The largest absolute Gasteiger partial charge is 0.497 e. The van der Waals surface area contributed by atoms with E-state index in [4.69, 9.17) is 14.2 Å². The van der Waals surface area contributed by atoms with Gasteiger partial charge in [-0.05, 0) is 57.0 Å². The van der Waals surface area contributed by atoms with Gasteiger partial charge in [0.2, 0.25) is 5.78 Å². The quantitative estimate of drug-likeness (QED) is 0.414. The lowest BCUT2D eigenvalue weighted by Gasteiger charge is -2.10. The molecule has 0 unspecified atom stereocenters. The van der Waals surface area contributed by atoms with Crippen molar-refractivity contribution in [1.29, 1.82) is 0 Å². The fourth-order valence-electron chi connectivity index (χ4n) is 2.86. The first kappa shape index (κ1) is 21.9. The van der Waals surface area contributed by atoms with E-state index in [1.54, 1.807) is 58.2 Å². The van der Waals surface area contributed by atoms with Gasteiger partial charge in [-0.15, -0.1) is 0 Å². The summed E-state index contributed by atoms with van der Waals surface area (Å²) in [5.74, 6) is -0.854. The van der Waals surface area contributed by atoms with Crippen LogP contribution < -0.4 is 4.74 Å². The van der Waals surface area contributed by atoms with Crippen LogP contribution in [0.15, 0.2) is 30.3 Å². The number of aromatic amines is 1. The van der Waals surface area contributed by atoms with E-state index >= 15 is 0 Å². The highest BCUT2D eigenvalue weighted by molar-refractivity contribution is 6.04. The molecule has 0 saturated carbocycles. The van der Waals surface area contributed by atoms with Crippen molar-refractivity contribution in [2.24, 2.45) is 0 Å². The number of aryl methyl sites for hydroxylation is 1. The van der Waals surface area contributed by atoms with E-state index in [1.165, 1.54) is 13.0 Å². The summed E-state index contributed by atoms with van der Waals surface area (Å²) in [5.41, 5.74) is 2.35. The molecule has 1 N–H and O–H groups in total. The number of carbonyl (C=O) groups is 3. The molecule has 7 heteroatoms. The van der Waals surface area contributed by atoms with Crippen LogP contribution in [0.5, 0.6) is 5.75 Å². The van der Waals surface area contributed by atoms with Crippen LogP contribution in [-0.4, -0.2) is 42.5 Å². The van der Waals surface area contributed by atoms with Crippen molar-refractivity contribution in [3.05, 3.63) is 58.4 Å². The molecule has 1 atom stereocenters. The minimum atomic E-state index is -1.02. The minimum absolute atomic E-state index is 0.227. The predicted molar refractivity (Wildman–Crippen MR) is 108 cm³/mol. The second-order valence-corrected chi connectivity index (χ2v) is 6.40. The van der Waals surface area contributed by atoms with Gasteiger partial charge in [-0.2, -0.15) is 0 Å². The van der Waals surface area contributed by atoms with E-state index in [0.717, 1.165) is 5.56 Å². The van der Waals surface area contributed by atoms with Crippen molar-refractivity contribution < 1.29 is 28.6 Å². The highest BCUT2D eigenvalue weighted by Gasteiger charge is 2.27. The second kappa shape index (κ2) is 9.73. The molecule has 0 fully saturated rings. The molecule has 0 aliphatic carbocycles. The fourth-order valence-corrected chi connectivity index (χ4v) is 2.86. The van der Waals surface area contributed by atoms with Crippen LogP contribution in [-0.2, 0) is 14.3 Å². The molecule has 0 aliphatic rings. The van der Waals surface area contributed by atoms with Crippen LogP contribution >= 0.6 is 0 Å². The number of carbonyl (C=O) groups excluding carboxylic acids is 3. The number of methoxy groups -OCH3 is 1. The third kappa shape index (κ3) is 5.34. The van der Waals surface area contributed by atoms with Crippen LogP contribution in [0.3, 0.4) is 0 Å². The maximum atomic E-state index is 12.7. The van der Waals surface area contributed by atoms with Gasteiger partial charge in [0.05, 0.1) is 25.0 Å². The first-order valence-corrected chi connectivity index (χ1v) is 9.21. The first-order valence-electron chi connectivity index (χ1n) is 9.21. The Balaban J connectivity index is 2.06. The lowest BCUT2D eigenvalue weighted by atomic mass is 10.1. The molecule has 0 amide bonds. The van der Waals surface area contributed by atoms with Gasteiger partial charge in [-0.1, -0.05) is 12.1 Å². The van der Waals surface area contributed by atoms with Crippen LogP contribution in [0.2, 0.25) is 0 Å². The summed E-state index contributed by atoms with van der Waals surface area (Å²) in [4.78, 5) is 39.7. The van der Waals surface area contributed by atoms with Crippen LogP contribution in [0.4, 0.5) is 0 Å². The molecule has 1 heterocycles. The predicted octanol–water partition coefficient (Wildman–Crippen LogP) is 3.64. The molecule has 2 aromatic rings. The molecular formula is C22H25NO6. The Bertz CT molecular complexity index is 924. The number of hydrogen-bond acceptors (Lipinski definition) is 6. The minimum Gasteiger partial charge on any atom is -0.497 e. The van der Waals surface area contributed by atoms with Gasteiger partial charge in [0.15, 0.2) is 6.10 Å². The number of ether oxygens (including phenoxy) is 3. The number of esters is 2. The third-order valence-electron chi connectivity index (χ3n) is 4.35. The molecule has 0 bridgehead atoms. The van der Waals surface area contributed by atoms with E-state index < -0.39 is 23.8 Å². The van der Waals surface area contributed by atoms with Gasteiger partial charge < -0.3 is 19.2 Å². The molecular weight excluding hydrogens is 374 g/mol. The van der Waals surface area contributed by atoms with E-state index in [-0.39, 0.29) is 12.3 Å². The van der Waals surface area contributed by atoms with Crippen molar-refractivity contribution in [1.82, 2.24) is 4.98 Å². The third-order valence-corrected chi connectivity index (χ3v) is 4.35. The molecule has 1 aromatic heterocycles. The smallest absolute Gasteiger partial charge is 0.340 e. The summed E-state index contributed by atoms with van der Waals surface area (Å²) < 4.78 is 15.3. The Hall–Kier alpha value is -3.35. The summed E-state index contributed by atoms with van der Waals surface area (Å²) in [7, 11) is 1.57. The van der Waals surface area contributed by atoms with Gasteiger partial charge in [0.25, 0.3) is 0 Å². The Morgan fingerprint density at radius 3 is 2.38 bits per heavy atom. The number of benzene rings is 1. The molecule has 7 nitrogen and oxygen atoms in total. The highest BCUT2D eigenvalue weighted by Crippen LogP contribution is 2.21. The molecule has 1 aromatic carbocycles. The van der Waals surface area contributed by atoms with Gasteiger partial charge in [0.1, 0.15) is 5.75 Å². The highest BCUT2D eigenvalue weighted by atomic mass is 16.5. The summed E-state index contributed by atoms with van der Waals surface area (Å²) in [5, 5.41) is 0. The normalized spacial score (nSPS) is 11.9. The van der Waals surface area contributed by atoms with Crippen LogP contribution in [0.25, 0.3) is 6.08 Å². The zero-order chi connectivity index (χ0) is 21.6. The van der Waals surface area contributed by atoms with Gasteiger partial charge >= 0.3 is 11.9 Å². The zero-order valence-electron chi connectivity index (χ0n) is 17.2. The lowest BCUT2D eigenvalue weighted by Crippen LogP contribution is -2.24. The molecule has 154 valence electrons. The molecule has 2 rings (SSSR count). The van der Waals surface area contributed by atoms with E-state index in [1.807, 2.05) is 0 Å². The SMILES string of the molecule is CCOC(=O)c1c(C)[nH]c(C(=O)[C@H](C)OC(=O)/C=C/c2ccc(OC)cc2)c1C. The Labute approximate surface area is 169 Å². The summed E-state index contributed by atoms with van der Waals surface area (Å²) in [6.45, 7) is 6.77. The molecule has 0 saturated heterocycles. The number of rotatable bonds is 8. The number of Topliss-reactive ketones (excluding diaryl/α,β-unsaturated/α-hetero) is 1. The maximum Gasteiger partial charge on any atom is 0.340 e. The summed E-state index contributed by atoms with van der Waals surface area (Å²) in [6, 6.07) is 7.13. The molecule has 0 aliphatic heterocycles. The van der Waals surface area contributed by atoms with E-state index in [9.17, 15) is 14.4 Å².